The maximum atomic E-state index is 10.6. The predicted octanol–water partition coefficient (Wildman–Crippen LogP) is 1.54. The number of carbonyl (C=O) groups is 2. The molecule has 0 fully saturated rings. The van der Waals surface area contributed by atoms with Crippen molar-refractivity contribution in [2.45, 2.75) is 12.8 Å². The van der Waals surface area contributed by atoms with Crippen LogP contribution in [0.3, 0.4) is 0 Å². The van der Waals surface area contributed by atoms with E-state index in [0.29, 0.717) is 5.75 Å². The zero-order valence-electron chi connectivity index (χ0n) is 10.4. The normalized spacial score (nSPS) is 10.2. The molecule has 0 aliphatic heterocycles. The van der Waals surface area contributed by atoms with Gasteiger partial charge in [0, 0.05) is 12.1 Å². The van der Waals surface area contributed by atoms with Crippen LogP contribution in [0, 0.1) is 16.0 Å². The average molecular weight is 283 g/mol. The first-order chi connectivity index (χ1) is 9.41. The quantitative estimate of drug-likeness (QED) is 0.320. The van der Waals surface area contributed by atoms with Crippen LogP contribution in [-0.2, 0) is 9.59 Å². The van der Waals surface area contributed by atoms with Gasteiger partial charge in [-0.25, -0.2) is 0 Å². The van der Waals surface area contributed by atoms with Crippen LogP contribution in [0.4, 0.5) is 5.69 Å². The van der Waals surface area contributed by atoms with Gasteiger partial charge >= 0.3 is 11.9 Å². The maximum absolute atomic E-state index is 10.6. The summed E-state index contributed by atoms with van der Waals surface area (Å²) in [6.07, 6.45) is 0.206. The number of rotatable bonds is 8. The zero-order chi connectivity index (χ0) is 15.1. The molecule has 108 valence electrons. The molecule has 0 saturated heterocycles. The van der Waals surface area contributed by atoms with Crippen LogP contribution >= 0.6 is 0 Å². The largest absolute Gasteiger partial charge is 0.494 e. The average Bonchev–Trinajstić information content (AvgIpc) is 2.38. The van der Waals surface area contributed by atoms with Crippen molar-refractivity contribution in [1.29, 1.82) is 0 Å². The summed E-state index contributed by atoms with van der Waals surface area (Å²) in [4.78, 5) is 31.1. The summed E-state index contributed by atoms with van der Waals surface area (Å²) < 4.78 is 5.24. The fourth-order valence-electron chi connectivity index (χ4n) is 1.49. The highest BCUT2D eigenvalue weighted by Crippen LogP contribution is 2.18. The molecule has 1 aromatic rings. The minimum atomic E-state index is -1.45. The van der Waals surface area contributed by atoms with Crippen molar-refractivity contribution >= 4 is 17.6 Å². The minimum absolute atomic E-state index is 0.0440. The number of nitrogens with zero attached hydrogens (tertiary/aromatic N) is 1. The Morgan fingerprint density at radius 2 is 1.75 bits per heavy atom. The van der Waals surface area contributed by atoms with Crippen LogP contribution in [0.15, 0.2) is 24.3 Å². The number of ether oxygens (including phenoxy) is 1. The molecule has 0 spiro atoms. The minimum Gasteiger partial charge on any atom is -0.494 e. The van der Waals surface area contributed by atoms with Crippen LogP contribution in [0.5, 0.6) is 5.75 Å². The molecule has 0 aliphatic carbocycles. The molecular weight excluding hydrogens is 270 g/mol. The van der Waals surface area contributed by atoms with E-state index < -0.39 is 22.8 Å². The first kappa shape index (κ1) is 15.4. The van der Waals surface area contributed by atoms with Gasteiger partial charge in [-0.2, -0.15) is 0 Å². The first-order valence-corrected chi connectivity index (χ1v) is 5.74. The summed E-state index contributed by atoms with van der Waals surface area (Å²) in [5, 5.41) is 27.7. The molecule has 0 aromatic heterocycles. The Morgan fingerprint density at radius 3 is 2.20 bits per heavy atom. The number of non-ortho nitro benzene ring substituents is 1. The molecule has 1 aromatic carbocycles. The Labute approximate surface area is 113 Å². The van der Waals surface area contributed by atoms with Crippen molar-refractivity contribution in [1.82, 2.24) is 0 Å². The van der Waals surface area contributed by atoms with Gasteiger partial charge in [0.2, 0.25) is 0 Å². The van der Waals surface area contributed by atoms with E-state index in [9.17, 15) is 19.7 Å². The monoisotopic (exact) mass is 283 g/mol. The fraction of sp³-hybridized carbons (Fsp3) is 0.333. The molecule has 8 heteroatoms. The van der Waals surface area contributed by atoms with E-state index in [4.69, 9.17) is 14.9 Å². The summed E-state index contributed by atoms with van der Waals surface area (Å²) in [7, 11) is 0. The molecule has 20 heavy (non-hydrogen) atoms. The highest BCUT2D eigenvalue weighted by molar-refractivity contribution is 5.92. The van der Waals surface area contributed by atoms with E-state index in [0.717, 1.165) is 0 Å². The molecule has 1 rings (SSSR count). The first-order valence-electron chi connectivity index (χ1n) is 5.74. The number of nitro groups is 1. The van der Waals surface area contributed by atoms with Gasteiger partial charge in [-0.05, 0) is 25.0 Å². The predicted molar refractivity (Wildman–Crippen MR) is 66.6 cm³/mol. The molecular formula is C12H13NO7. The lowest BCUT2D eigenvalue weighted by atomic mass is 10.0. The summed E-state index contributed by atoms with van der Waals surface area (Å²) in [6.45, 7) is 0.134. The molecule has 0 radical (unpaired) electrons. The Morgan fingerprint density at radius 1 is 1.20 bits per heavy atom. The number of aliphatic carboxylic acids is 2. The Bertz CT molecular complexity index is 483. The van der Waals surface area contributed by atoms with Gasteiger partial charge in [-0.1, -0.05) is 0 Å². The molecule has 0 heterocycles. The zero-order valence-corrected chi connectivity index (χ0v) is 10.4. The SMILES string of the molecule is O=C(O)C(CCCOc1ccc([N+](=O)[O-])cc1)C(=O)O. The highest BCUT2D eigenvalue weighted by atomic mass is 16.6. The second kappa shape index (κ2) is 7.07. The third-order valence-corrected chi connectivity index (χ3v) is 2.55. The second-order valence-electron chi connectivity index (χ2n) is 3.97. The van der Waals surface area contributed by atoms with Crippen molar-refractivity contribution in [3.8, 4) is 5.75 Å². The fourth-order valence-corrected chi connectivity index (χ4v) is 1.49. The topological polar surface area (TPSA) is 127 Å². The number of carboxylic acid groups (broad SMARTS) is 2. The van der Waals surface area contributed by atoms with Gasteiger partial charge < -0.3 is 14.9 Å². The van der Waals surface area contributed by atoms with Crippen LogP contribution in [-0.4, -0.2) is 33.7 Å². The van der Waals surface area contributed by atoms with Crippen LogP contribution in [0.2, 0.25) is 0 Å². The third-order valence-electron chi connectivity index (χ3n) is 2.55. The maximum Gasteiger partial charge on any atom is 0.317 e. The van der Waals surface area contributed by atoms with Gasteiger partial charge in [-0.15, -0.1) is 0 Å². The van der Waals surface area contributed by atoms with Crippen LogP contribution in [0.1, 0.15) is 12.8 Å². The van der Waals surface area contributed by atoms with Crippen LogP contribution < -0.4 is 4.74 Å². The van der Waals surface area contributed by atoms with Gasteiger partial charge in [0.15, 0.2) is 5.92 Å². The molecule has 0 unspecified atom stereocenters. The molecule has 0 bridgehead atoms. The van der Waals surface area contributed by atoms with E-state index in [1.54, 1.807) is 0 Å². The third kappa shape index (κ3) is 4.56. The Kier molecular flexibility index (Phi) is 5.45. The number of nitro benzene ring substituents is 1. The lowest BCUT2D eigenvalue weighted by Gasteiger charge is -2.08. The lowest BCUT2D eigenvalue weighted by molar-refractivity contribution is -0.384. The van der Waals surface area contributed by atoms with E-state index in [1.165, 1.54) is 24.3 Å². The van der Waals surface area contributed by atoms with Gasteiger partial charge in [0.25, 0.3) is 5.69 Å². The summed E-state index contributed by atoms with van der Waals surface area (Å²) >= 11 is 0. The summed E-state index contributed by atoms with van der Waals surface area (Å²) in [6, 6.07) is 5.41. The van der Waals surface area contributed by atoms with Crippen molar-refractivity contribution in [3.05, 3.63) is 34.4 Å². The number of benzene rings is 1. The van der Waals surface area contributed by atoms with Gasteiger partial charge in [0.1, 0.15) is 5.75 Å². The number of carboxylic acids is 2. The Hall–Kier alpha value is -2.64. The number of hydrogen-bond acceptors (Lipinski definition) is 5. The van der Waals surface area contributed by atoms with Crippen molar-refractivity contribution < 1.29 is 29.5 Å². The number of hydrogen-bond donors (Lipinski definition) is 2. The molecule has 8 nitrogen and oxygen atoms in total. The summed E-state index contributed by atoms with van der Waals surface area (Å²) in [5.74, 6) is -3.81. The standard InChI is InChI=1S/C12H13NO7/c14-11(15)10(12(16)17)2-1-7-20-9-5-3-8(4-6-9)13(18)19/h3-6,10H,1-2,7H2,(H,14,15)(H,16,17). The van der Waals surface area contributed by atoms with Gasteiger partial charge in [0.05, 0.1) is 11.5 Å². The summed E-state index contributed by atoms with van der Waals surface area (Å²) in [5.41, 5.74) is -0.0610. The van der Waals surface area contributed by atoms with Gasteiger partial charge in [-0.3, -0.25) is 19.7 Å². The second-order valence-corrected chi connectivity index (χ2v) is 3.97. The van der Waals surface area contributed by atoms with Crippen molar-refractivity contribution in [2.75, 3.05) is 6.61 Å². The smallest absolute Gasteiger partial charge is 0.317 e. The van der Waals surface area contributed by atoms with Crippen LogP contribution in [0.25, 0.3) is 0 Å². The van der Waals surface area contributed by atoms with Crippen molar-refractivity contribution in [3.63, 3.8) is 0 Å². The van der Waals surface area contributed by atoms with E-state index in [2.05, 4.69) is 0 Å². The molecule has 0 amide bonds. The molecule has 0 aliphatic rings. The molecule has 0 atom stereocenters. The lowest BCUT2D eigenvalue weighted by Crippen LogP contribution is -2.23. The highest BCUT2D eigenvalue weighted by Gasteiger charge is 2.24. The van der Waals surface area contributed by atoms with E-state index >= 15 is 0 Å². The van der Waals surface area contributed by atoms with Crippen molar-refractivity contribution in [2.24, 2.45) is 5.92 Å². The molecule has 0 saturated carbocycles. The molecule has 2 N–H and O–H groups in total. The van der Waals surface area contributed by atoms with E-state index in [-0.39, 0.29) is 25.1 Å². The van der Waals surface area contributed by atoms with E-state index in [1.807, 2.05) is 0 Å². The Balaban J connectivity index is 2.39.